The highest BCUT2D eigenvalue weighted by Gasteiger charge is 2.23. The number of benzene rings is 1. The Hall–Kier alpha value is -2.82. The molecule has 0 radical (unpaired) electrons. The maximum Gasteiger partial charge on any atom is 0.141 e. The number of nitrogens with zero attached hydrogens (tertiary/aromatic N) is 1. The van der Waals surface area contributed by atoms with Crippen LogP contribution in [0.2, 0.25) is 0 Å². The normalized spacial score (nSPS) is 15.2. The van der Waals surface area contributed by atoms with Gasteiger partial charge in [0.05, 0.1) is 6.20 Å². The third kappa shape index (κ3) is 20.1. The molecular weight excluding hydrogens is 526 g/mol. The summed E-state index contributed by atoms with van der Waals surface area (Å²) in [6, 6.07) is 8.53. The number of hydrogen-bond acceptors (Lipinski definition) is 3. The molecule has 2 N–H and O–H groups in total. The molecule has 1 aromatic carbocycles. The summed E-state index contributed by atoms with van der Waals surface area (Å²) in [6.45, 7) is 19.2. The summed E-state index contributed by atoms with van der Waals surface area (Å²) in [5.74, 6) is 1.90. The van der Waals surface area contributed by atoms with Gasteiger partial charge in [-0.3, -0.25) is 4.98 Å². The van der Waals surface area contributed by atoms with Crippen LogP contribution in [0.1, 0.15) is 127 Å². The molecular formula is C37H60F2N2O. The van der Waals surface area contributed by atoms with E-state index in [0.29, 0.717) is 5.92 Å². The van der Waals surface area contributed by atoms with Gasteiger partial charge in [0.2, 0.25) is 0 Å². The molecule has 0 spiro atoms. The Kier molecular flexibility index (Phi) is 27.8. The van der Waals surface area contributed by atoms with Crippen molar-refractivity contribution in [2.45, 2.75) is 124 Å². The second-order valence-electron chi connectivity index (χ2n) is 10.9. The number of halogens is 2. The number of aromatic nitrogens is 1. The van der Waals surface area contributed by atoms with E-state index in [1.807, 2.05) is 32.8 Å². The summed E-state index contributed by atoms with van der Waals surface area (Å²) in [5.41, 5.74) is 7.91. The quantitative estimate of drug-likeness (QED) is 0.210. The fourth-order valence-electron chi connectivity index (χ4n) is 5.48. The zero-order chi connectivity index (χ0) is 32.2. The molecule has 3 nitrogen and oxygen atoms in total. The monoisotopic (exact) mass is 586 g/mol. The van der Waals surface area contributed by atoms with Gasteiger partial charge in [-0.15, -0.1) is 6.58 Å². The smallest absolute Gasteiger partial charge is 0.141 e. The highest BCUT2D eigenvalue weighted by Crippen LogP contribution is 2.38. The van der Waals surface area contributed by atoms with Gasteiger partial charge in [0.25, 0.3) is 0 Å². The fraction of sp³-hybridized carbons (Fsp3) is 0.568. The standard InChI is InChI=1S/C22H27F2N.C9H20.C3H6.C2H5N.CH2O/c1-16-22(14-21(24)15-25-16)19-10-6-17(7-11-19)4-2-3-5-18-8-12-20(23)13-9-18;1-4-7-9(6-3)8-5-2;1-3-2;1-2-3;1-2/h8-9,12-15,17,19H,2-7,10-11H2,1H3;9H,4-8H2,1-3H3;3H,1H2,2H3;2H,1,3H2;1H2. The Labute approximate surface area is 257 Å². The van der Waals surface area contributed by atoms with Crippen molar-refractivity contribution in [1.82, 2.24) is 4.98 Å². The lowest BCUT2D eigenvalue weighted by atomic mass is 9.76. The molecule has 1 aliphatic rings. The number of carbonyl (C=O) groups excluding carboxylic acids is 1. The number of allylic oxidation sites excluding steroid dienone is 1. The first-order valence-electron chi connectivity index (χ1n) is 15.8. The van der Waals surface area contributed by atoms with Crippen molar-refractivity contribution in [1.29, 1.82) is 0 Å². The number of aryl methyl sites for hydroxylation is 2. The largest absolute Gasteiger partial charge is 0.405 e. The van der Waals surface area contributed by atoms with Crippen molar-refractivity contribution in [2.24, 2.45) is 17.6 Å². The Morgan fingerprint density at radius 2 is 1.48 bits per heavy atom. The van der Waals surface area contributed by atoms with Gasteiger partial charge in [-0.05, 0) is 106 Å². The minimum Gasteiger partial charge on any atom is -0.405 e. The zero-order valence-electron chi connectivity index (χ0n) is 27.4. The molecule has 0 unspecified atom stereocenters. The molecule has 1 aliphatic carbocycles. The van der Waals surface area contributed by atoms with Gasteiger partial charge < -0.3 is 10.5 Å². The Balaban J connectivity index is 0. The summed E-state index contributed by atoms with van der Waals surface area (Å²) in [5, 5.41) is 0. The lowest BCUT2D eigenvalue weighted by Gasteiger charge is -2.29. The maximum atomic E-state index is 13.5. The second kappa shape index (κ2) is 28.3. The molecule has 42 heavy (non-hydrogen) atoms. The summed E-state index contributed by atoms with van der Waals surface area (Å²) in [6.07, 6.45) is 20.7. The highest BCUT2D eigenvalue weighted by atomic mass is 19.1. The molecule has 1 saturated carbocycles. The predicted octanol–water partition coefficient (Wildman–Crippen LogP) is 11.1. The molecule has 1 heterocycles. The molecule has 0 atom stereocenters. The molecule has 1 aromatic heterocycles. The third-order valence-electron chi connectivity index (χ3n) is 7.59. The van der Waals surface area contributed by atoms with E-state index in [-0.39, 0.29) is 11.6 Å². The number of unbranched alkanes of at least 4 members (excludes halogenated alkanes) is 1. The lowest BCUT2D eigenvalue weighted by Crippen LogP contribution is -2.15. The Morgan fingerprint density at radius 3 is 1.95 bits per heavy atom. The van der Waals surface area contributed by atoms with Crippen molar-refractivity contribution >= 4 is 6.79 Å². The van der Waals surface area contributed by atoms with Gasteiger partial charge in [-0.25, -0.2) is 8.78 Å². The fourth-order valence-corrected chi connectivity index (χ4v) is 5.48. The molecule has 0 amide bonds. The Bertz CT molecular complexity index is 896. The van der Waals surface area contributed by atoms with Crippen molar-refractivity contribution in [3.8, 4) is 0 Å². The van der Waals surface area contributed by atoms with Gasteiger partial charge in [-0.1, -0.05) is 90.5 Å². The number of rotatable bonds is 11. The third-order valence-corrected chi connectivity index (χ3v) is 7.59. The van der Waals surface area contributed by atoms with Crippen LogP contribution in [-0.2, 0) is 11.2 Å². The molecule has 1 fully saturated rings. The average Bonchev–Trinajstić information content (AvgIpc) is 3.00. The van der Waals surface area contributed by atoms with Crippen LogP contribution in [0.25, 0.3) is 0 Å². The summed E-state index contributed by atoms with van der Waals surface area (Å²) in [4.78, 5) is 12.2. The number of hydrogen-bond donors (Lipinski definition) is 1. The summed E-state index contributed by atoms with van der Waals surface area (Å²) >= 11 is 0. The Morgan fingerprint density at radius 1 is 0.952 bits per heavy atom. The molecule has 0 saturated heterocycles. The molecule has 0 bridgehead atoms. The SMILES string of the molecule is C=CC.C=CN.C=O.CCCC(CC)CCC.Cc1ncc(F)cc1C1CCC(CCCCc2ccc(F)cc2)CC1. The predicted molar refractivity (Wildman–Crippen MR) is 179 cm³/mol. The van der Waals surface area contributed by atoms with Crippen LogP contribution in [0.3, 0.4) is 0 Å². The van der Waals surface area contributed by atoms with Gasteiger partial charge in [0.15, 0.2) is 0 Å². The summed E-state index contributed by atoms with van der Waals surface area (Å²) in [7, 11) is 0. The first-order valence-corrected chi connectivity index (χ1v) is 15.8. The van der Waals surface area contributed by atoms with Crippen LogP contribution in [0, 0.1) is 30.4 Å². The van der Waals surface area contributed by atoms with E-state index >= 15 is 0 Å². The zero-order valence-corrected chi connectivity index (χ0v) is 27.4. The van der Waals surface area contributed by atoms with Gasteiger partial charge >= 0.3 is 0 Å². The molecule has 0 aliphatic heterocycles. The molecule has 2 aromatic rings. The molecule has 238 valence electrons. The van der Waals surface area contributed by atoms with E-state index in [2.05, 4.69) is 44.6 Å². The van der Waals surface area contributed by atoms with Gasteiger partial charge in [0, 0.05) is 5.69 Å². The van der Waals surface area contributed by atoms with Crippen molar-refractivity contribution in [3.05, 3.63) is 90.4 Å². The topological polar surface area (TPSA) is 56.0 Å². The summed E-state index contributed by atoms with van der Waals surface area (Å²) < 4.78 is 26.4. The van der Waals surface area contributed by atoms with E-state index in [4.69, 9.17) is 4.79 Å². The van der Waals surface area contributed by atoms with Crippen LogP contribution in [0.15, 0.2) is 62.0 Å². The van der Waals surface area contributed by atoms with E-state index in [0.717, 1.165) is 42.4 Å². The van der Waals surface area contributed by atoms with E-state index in [1.165, 1.54) is 82.2 Å². The van der Waals surface area contributed by atoms with Crippen molar-refractivity contribution < 1.29 is 13.6 Å². The van der Waals surface area contributed by atoms with E-state index in [1.54, 1.807) is 24.3 Å². The van der Waals surface area contributed by atoms with Crippen molar-refractivity contribution in [2.75, 3.05) is 0 Å². The van der Waals surface area contributed by atoms with Crippen LogP contribution >= 0.6 is 0 Å². The first-order chi connectivity index (χ1) is 20.3. The van der Waals surface area contributed by atoms with E-state index in [9.17, 15) is 8.78 Å². The van der Waals surface area contributed by atoms with E-state index < -0.39 is 0 Å². The average molecular weight is 587 g/mol. The van der Waals surface area contributed by atoms with Crippen LogP contribution in [0.4, 0.5) is 8.78 Å². The van der Waals surface area contributed by atoms with Crippen LogP contribution in [-0.4, -0.2) is 11.8 Å². The van der Waals surface area contributed by atoms with Crippen LogP contribution in [0.5, 0.6) is 0 Å². The van der Waals surface area contributed by atoms with Gasteiger partial charge in [0.1, 0.15) is 18.4 Å². The van der Waals surface area contributed by atoms with Crippen molar-refractivity contribution in [3.63, 3.8) is 0 Å². The lowest BCUT2D eigenvalue weighted by molar-refractivity contribution is -0.0980. The minimum atomic E-state index is -0.219. The minimum absolute atomic E-state index is 0.163. The number of nitrogens with two attached hydrogens (primary N) is 1. The molecule has 5 heteroatoms. The second-order valence-corrected chi connectivity index (χ2v) is 10.9. The first kappa shape index (κ1) is 41.3. The molecule has 3 rings (SSSR count). The van der Waals surface area contributed by atoms with Gasteiger partial charge in [-0.2, -0.15) is 0 Å². The maximum absolute atomic E-state index is 13.5. The van der Waals surface area contributed by atoms with Crippen LogP contribution < -0.4 is 5.73 Å². The number of pyridine rings is 1. The highest BCUT2D eigenvalue weighted by molar-refractivity contribution is 5.24. The number of carbonyl (C=O) groups is 1.